The number of nitro benzene ring substituents is 1. The first-order chi connectivity index (χ1) is 11.5. The average Bonchev–Trinajstić information content (AvgIpc) is 3.07. The predicted octanol–water partition coefficient (Wildman–Crippen LogP) is 2.81. The SMILES string of the molecule is O=[N+]([O-])c1cc(-c2nc(-c3cncc(OBr)c3)no2)cc(O)c1O. The summed E-state index contributed by atoms with van der Waals surface area (Å²) in [5, 5.41) is 33.8. The monoisotopic (exact) mass is 394 g/mol. The molecule has 0 unspecified atom stereocenters. The van der Waals surface area contributed by atoms with Crippen molar-refractivity contribution in [3.63, 3.8) is 0 Å². The number of aromatic hydroxyl groups is 2. The molecule has 2 aromatic heterocycles. The molecule has 2 heterocycles. The summed E-state index contributed by atoms with van der Waals surface area (Å²) in [6, 6.07) is 3.69. The van der Waals surface area contributed by atoms with Crippen LogP contribution in [0.15, 0.2) is 35.1 Å². The van der Waals surface area contributed by atoms with E-state index in [0.717, 1.165) is 12.1 Å². The zero-order valence-electron chi connectivity index (χ0n) is 11.6. The van der Waals surface area contributed by atoms with Gasteiger partial charge in [-0.05, 0) is 12.1 Å². The third kappa shape index (κ3) is 2.84. The molecule has 0 fully saturated rings. The minimum Gasteiger partial charge on any atom is -0.504 e. The minimum absolute atomic E-state index is 0.0754. The maximum atomic E-state index is 10.9. The number of rotatable bonds is 4. The van der Waals surface area contributed by atoms with Gasteiger partial charge in [0.2, 0.25) is 11.6 Å². The van der Waals surface area contributed by atoms with E-state index < -0.39 is 22.1 Å². The van der Waals surface area contributed by atoms with Crippen LogP contribution in [0.25, 0.3) is 22.8 Å². The Morgan fingerprint density at radius 1 is 1.21 bits per heavy atom. The lowest BCUT2D eigenvalue weighted by Gasteiger charge is -2.01. The van der Waals surface area contributed by atoms with Gasteiger partial charge in [-0.15, -0.1) is 0 Å². The molecule has 0 saturated heterocycles. The van der Waals surface area contributed by atoms with Crippen LogP contribution < -0.4 is 3.83 Å². The molecule has 0 aliphatic heterocycles. The number of aromatic nitrogens is 3. The van der Waals surface area contributed by atoms with Crippen LogP contribution in [-0.4, -0.2) is 30.3 Å². The van der Waals surface area contributed by atoms with E-state index >= 15 is 0 Å². The molecule has 0 atom stereocenters. The molecule has 0 spiro atoms. The number of nitrogens with zero attached hydrogens (tertiary/aromatic N) is 4. The van der Waals surface area contributed by atoms with Crippen molar-refractivity contribution in [2.24, 2.45) is 0 Å². The lowest BCUT2D eigenvalue weighted by Crippen LogP contribution is -1.90. The minimum atomic E-state index is -0.838. The molecule has 122 valence electrons. The molecular formula is C13H7BrN4O6. The van der Waals surface area contributed by atoms with Gasteiger partial charge in [-0.2, -0.15) is 4.98 Å². The van der Waals surface area contributed by atoms with Crippen molar-refractivity contribution < 1.29 is 23.5 Å². The van der Waals surface area contributed by atoms with Crippen molar-refractivity contribution in [2.45, 2.75) is 0 Å². The van der Waals surface area contributed by atoms with Crippen molar-refractivity contribution >= 4 is 21.9 Å². The van der Waals surface area contributed by atoms with Gasteiger partial charge >= 0.3 is 5.69 Å². The zero-order chi connectivity index (χ0) is 17.3. The fourth-order valence-electron chi connectivity index (χ4n) is 1.91. The van der Waals surface area contributed by atoms with Crippen molar-refractivity contribution in [3.8, 4) is 40.1 Å². The number of phenols is 2. The average molecular weight is 395 g/mol. The number of hydrogen-bond donors (Lipinski definition) is 2. The van der Waals surface area contributed by atoms with Gasteiger partial charge < -0.3 is 18.6 Å². The summed E-state index contributed by atoms with van der Waals surface area (Å²) in [7, 11) is 0. The summed E-state index contributed by atoms with van der Waals surface area (Å²) >= 11 is 2.82. The fourth-order valence-corrected chi connectivity index (χ4v) is 2.09. The quantitative estimate of drug-likeness (QED) is 0.387. The number of nitro groups is 1. The van der Waals surface area contributed by atoms with E-state index in [2.05, 4.69) is 31.4 Å². The van der Waals surface area contributed by atoms with Gasteiger partial charge in [-0.3, -0.25) is 15.1 Å². The molecule has 2 N–H and O–H groups in total. The number of pyridine rings is 1. The Bertz CT molecular complexity index is 929. The van der Waals surface area contributed by atoms with Crippen LogP contribution in [0, 0.1) is 10.1 Å². The van der Waals surface area contributed by atoms with Crippen LogP contribution in [0.2, 0.25) is 0 Å². The molecule has 0 bridgehead atoms. The van der Waals surface area contributed by atoms with Gasteiger partial charge in [-0.1, -0.05) is 5.16 Å². The van der Waals surface area contributed by atoms with E-state index in [0.29, 0.717) is 11.3 Å². The summed E-state index contributed by atoms with van der Waals surface area (Å²) in [5.74, 6) is -1.00. The van der Waals surface area contributed by atoms with Crippen LogP contribution in [0.3, 0.4) is 0 Å². The molecule has 24 heavy (non-hydrogen) atoms. The van der Waals surface area contributed by atoms with Gasteiger partial charge in [0, 0.05) is 17.8 Å². The topological polar surface area (TPSA) is 145 Å². The Morgan fingerprint density at radius 2 is 2.00 bits per heavy atom. The van der Waals surface area contributed by atoms with Crippen LogP contribution in [0.5, 0.6) is 17.2 Å². The van der Waals surface area contributed by atoms with Gasteiger partial charge in [0.1, 0.15) is 0 Å². The van der Waals surface area contributed by atoms with E-state index in [4.69, 9.17) is 8.35 Å². The van der Waals surface area contributed by atoms with E-state index in [1.54, 1.807) is 6.07 Å². The molecule has 10 nitrogen and oxygen atoms in total. The third-order valence-electron chi connectivity index (χ3n) is 3.00. The number of halogens is 1. The Labute approximate surface area is 141 Å². The maximum Gasteiger partial charge on any atom is 0.315 e. The van der Waals surface area contributed by atoms with Crippen LogP contribution >= 0.6 is 16.3 Å². The fraction of sp³-hybridized carbons (Fsp3) is 0. The van der Waals surface area contributed by atoms with Crippen LogP contribution in [-0.2, 0) is 0 Å². The Kier molecular flexibility index (Phi) is 4.00. The van der Waals surface area contributed by atoms with Crippen molar-refractivity contribution in [3.05, 3.63) is 40.7 Å². The second-order valence-corrected chi connectivity index (χ2v) is 4.85. The van der Waals surface area contributed by atoms with Crippen LogP contribution in [0.1, 0.15) is 0 Å². The summed E-state index contributed by atoms with van der Waals surface area (Å²) in [5.41, 5.74) is -0.114. The molecule has 3 rings (SSSR count). The normalized spacial score (nSPS) is 10.5. The van der Waals surface area contributed by atoms with E-state index in [1.807, 2.05) is 0 Å². The molecule has 0 amide bonds. The van der Waals surface area contributed by atoms with Gasteiger partial charge in [0.05, 0.1) is 16.7 Å². The molecule has 11 heteroatoms. The molecule has 3 aromatic rings. The molecular weight excluding hydrogens is 388 g/mol. The van der Waals surface area contributed by atoms with Gasteiger partial charge in [0.15, 0.2) is 27.8 Å². The lowest BCUT2D eigenvalue weighted by molar-refractivity contribution is -0.385. The maximum absolute atomic E-state index is 10.9. The predicted molar refractivity (Wildman–Crippen MR) is 82.5 cm³/mol. The Morgan fingerprint density at radius 3 is 2.71 bits per heavy atom. The number of benzene rings is 1. The molecule has 1 aromatic carbocycles. The first-order valence-corrected chi connectivity index (χ1v) is 6.93. The summed E-state index contributed by atoms with van der Waals surface area (Å²) in [6.45, 7) is 0. The molecule has 0 radical (unpaired) electrons. The first-order valence-electron chi connectivity index (χ1n) is 6.28. The highest BCUT2D eigenvalue weighted by Gasteiger charge is 2.22. The van der Waals surface area contributed by atoms with Crippen molar-refractivity contribution in [2.75, 3.05) is 0 Å². The number of hydrogen-bond acceptors (Lipinski definition) is 9. The Hall–Kier alpha value is -3.21. The smallest absolute Gasteiger partial charge is 0.315 e. The summed E-state index contributed by atoms with van der Waals surface area (Å²) < 4.78 is 9.92. The highest BCUT2D eigenvalue weighted by atomic mass is 79.9. The van der Waals surface area contributed by atoms with Crippen molar-refractivity contribution in [1.29, 1.82) is 0 Å². The summed E-state index contributed by atoms with van der Waals surface area (Å²) in [6.07, 6.45) is 2.93. The van der Waals surface area contributed by atoms with Crippen LogP contribution in [0.4, 0.5) is 5.69 Å². The number of phenolic OH excluding ortho intramolecular Hbond substituents is 2. The first kappa shape index (κ1) is 15.7. The highest BCUT2D eigenvalue weighted by Crippen LogP contribution is 2.39. The molecule has 0 aliphatic carbocycles. The summed E-state index contributed by atoms with van der Waals surface area (Å²) in [4.78, 5) is 18.1. The highest BCUT2D eigenvalue weighted by molar-refractivity contribution is 9.06. The largest absolute Gasteiger partial charge is 0.504 e. The Balaban J connectivity index is 2.03. The second-order valence-electron chi connectivity index (χ2n) is 4.53. The molecule has 0 saturated carbocycles. The van der Waals surface area contributed by atoms with Gasteiger partial charge in [-0.25, -0.2) is 0 Å². The zero-order valence-corrected chi connectivity index (χ0v) is 13.2. The van der Waals surface area contributed by atoms with Gasteiger partial charge in [0.25, 0.3) is 5.89 Å². The molecule has 0 aliphatic rings. The standard InChI is InChI=1S/C13H7BrN4O6/c14-23-8-1-7(4-15-5-8)12-16-13(24-17-12)6-2-9(18(21)22)11(20)10(19)3-6/h1-5,19-20H. The van der Waals surface area contributed by atoms with E-state index in [-0.39, 0.29) is 17.3 Å². The van der Waals surface area contributed by atoms with Crippen molar-refractivity contribution in [1.82, 2.24) is 15.1 Å². The second kappa shape index (κ2) is 6.12. The third-order valence-corrected chi connectivity index (χ3v) is 3.37. The lowest BCUT2D eigenvalue weighted by atomic mass is 10.1. The van der Waals surface area contributed by atoms with E-state index in [1.165, 1.54) is 12.4 Å². The van der Waals surface area contributed by atoms with E-state index in [9.17, 15) is 20.3 Å².